The summed E-state index contributed by atoms with van der Waals surface area (Å²) in [6.07, 6.45) is 4.11. The number of hydrogen-bond acceptors (Lipinski definition) is 8. The Morgan fingerprint density at radius 3 is 2.15 bits per heavy atom. The Morgan fingerprint density at radius 1 is 0.938 bits per heavy atom. The van der Waals surface area contributed by atoms with Crippen LogP contribution in [0, 0.1) is 29.1 Å². The van der Waals surface area contributed by atoms with Crippen LogP contribution in [0.15, 0.2) is 88.7 Å². The Kier molecular flexibility index (Phi) is 9.76. The Bertz CT molecular complexity index is 1750. The quantitative estimate of drug-likeness (QED) is 0.315. The number of amides is 2. The molecule has 252 valence electrons. The van der Waals surface area contributed by atoms with Gasteiger partial charge in [0.2, 0.25) is 15.7 Å². The number of likely N-dealkylation sites (tertiary alicyclic amines) is 1. The van der Waals surface area contributed by atoms with E-state index in [1.54, 1.807) is 12.1 Å². The minimum atomic E-state index is -3.71. The van der Waals surface area contributed by atoms with Crippen molar-refractivity contribution in [2.24, 2.45) is 23.5 Å². The van der Waals surface area contributed by atoms with Gasteiger partial charge in [-0.3, -0.25) is 4.79 Å². The maximum absolute atomic E-state index is 13.1. The first kappa shape index (κ1) is 33.5. The summed E-state index contributed by atoms with van der Waals surface area (Å²) in [5, 5.41) is 14.0. The minimum absolute atomic E-state index is 0.0181. The zero-order chi connectivity index (χ0) is 33.9. The highest BCUT2D eigenvalue weighted by molar-refractivity contribution is 7.91. The standard InChI is InChI=1S/C37H43N5O5S/c1-47-36(44)40-34-9-5-8-33(34)37(25-38,28-6-3-2-4-7-28)29-18-20-41(21-19-29)22-26-23-42(24-26)30-12-16-32(17-13-30)48(45,46)31-14-10-27(11-15-31)35(39)43/h2-4,6-7,10-17,26,29,33-34H,5,8-9,18-24H2,1H3,(H2,39,43)(H,40,44)/t33-,34-,37?/m0/s1. The fourth-order valence-corrected chi connectivity index (χ4v) is 9.46. The molecule has 0 spiro atoms. The highest BCUT2D eigenvalue weighted by atomic mass is 32.2. The van der Waals surface area contributed by atoms with Crippen LogP contribution >= 0.6 is 0 Å². The van der Waals surface area contributed by atoms with Crippen molar-refractivity contribution in [3.05, 3.63) is 90.0 Å². The number of rotatable bonds is 10. The normalized spacial score (nSPS) is 21.9. The number of sulfone groups is 1. The minimum Gasteiger partial charge on any atom is -0.453 e. The van der Waals surface area contributed by atoms with E-state index in [-0.39, 0.29) is 33.2 Å². The van der Waals surface area contributed by atoms with Crippen LogP contribution in [0.25, 0.3) is 0 Å². The maximum atomic E-state index is 13.1. The van der Waals surface area contributed by atoms with Crippen LogP contribution < -0.4 is 16.0 Å². The van der Waals surface area contributed by atoms with E-state index in [2.05, 4.69) is 33.3 Å². The summed E-state index contributed by atoms with van der Waals surface area (Å²) >= 11 is 0. The number of benzene rings is 3. The number of piperidine rings is 1. The van der Waals surface area contributed by atoms with Crippen molar-refractivity contribution in [2.45, 2.75) is 53.4 Å². The monoisotopic (exact) mass is 669 g/mol. The van der Waals surface area contributed by atoms with Gasteiger partial charge in [-0.1, -0.05) is 36.8 Å². The van der Waals surface area contributed by atoms with Gasteiger partial charge < -0.3 is 25.6 Å². The summed E-state index contributed by atoms with van der Waals surface area (Å²) in [6.45, 7) is 4.63. The predicted molar refractivity (Wildman–Crippen MR) is 182 cm³/mol. The third-order valence-corrected chi connectivity index (χ3v) is 12.5. The van der Waals surface area contributed by atoms with E-state index < -0.39 is 27.3 Å². The number of anilines is 1. The molecule has 48 heavy (non-hydrogen) atoms. The van der Waals surface area contributed by atoms with Crippen molar-refractivity contribution in [2.75, 3.05) is 44.7 Å². The summed E-state index contributed by atoms with van der Waals surface area (Å²) in [7, 11) is -2.33. The fraction of sp³-hybridized carbons (Fsp3) is 0.432. The molecule has 11 heteroatoms. The van der Waals surface area contributed by atoms with Crippen LogP contribution in [0.5, 0.6) is 0 Å². The van der Waals surface area contributed by atoms with E-state index in [1.807, 2.05) is 30.3 Å². The van der Waals surface area contributed by atoms with Crippen LogP contribution in [0.1, 0.15) is 48.0 Å². The lowest BCUT2D eigenvalue weighted by Gasteiger charge is -2.48. The summed E-state index contributed by atoms with van der Waals surface area (Å²) in [4.78, 5) is 28.6. The molecule has 0 bridgehead atoms. The number of carbonyl (C=O) groups is 2. The second kappa shape index (κ2) is 14.0. The fourth-order valence-electron chi connectivity index (χ4n) is 8.20. The van der Waals surface area contributed by atoms with E-state index in [9.17, 15) is 23.3 Å². The molecule has 2 aliphatic heterocycles. The van der Waals surface area contributed by atoms with E-state index >= 15 is 0 Å². The summed E-state index contributed by atoms with van der Waals surface area (Å²) in [5.41, 5.74) is 6.88. The maximum Gasteiger partial charge on any atom is 0.407 e. The number of methoxy groups -OCH3 is 1. The zero-order valence-corrected chi connectivity index (χ0v) is 28.1. The van der Waals surface area contributed by atoms with Gasteiger partial charge in [-0.15, -0.1) is 0 Å². The molecule has 3 aromatic rings. The molecule has 1 aliphatic carbocycles. The van der Waals surface area contributed by atoms with Gasteiger partial charge in [0, 0.05) is 48.8 Å². The van der Waals surface area contributed by atoms with E-state index in [1.165, 1.54) is 31.4 Å². The summed E-state index contributed by atoms with van der Waals surface area (Å²) in [5.74, 6) is 0.102. The topological polar surface area (TPSA) is 146 Å². The average molecular weight is 670 g/mol. The van der Waals surface area contributed by atoms with Gasteiger partial charge in [-0.25, -0.2) is 13.2 Å². The van der Waals surface area contributed by atoms with E-state index in [0.717, 1.165) is 76.1 Å². The van der Waals surface area contributed by atoms with Crippen molar-refractivity contribution in [1.82, 2.24) is 10.2 Å². The molecule has 10 nitrogen and oxygen atoms in total. The van der Waals surface area contributed by atoms with Crippen molar-refractivity contribution >= 4 is 27.5 Å². The van der Waals surface area contributed by atoms with Gasteiger partial charge >= 0.3 is 6.09 Å². The van der Waals surface area contributed by atoms with Crippen molar-refractivity contribution in [3.63, 3.8) is 0 Å². The van der Waals surface area contributed by atoms with Gasteiger partial charge in [-0.2, -0.15) is 5.26 Å². The highest BCUT2D eigenvalue weighted by Gasteiger charge is 2.52. The Balaban J connectivity index is 1.05. The Hall–Kier alpha value is -4.40. The van der Waals surface area contributed by atoms with Crippen LogP contribution in [0.4, 0.5) is 10.5 Å². The zero-order valence-electron chi connectivity index (χ0n) is 27.3. The average Bonchev–Trinajstić information content (AvgIpc) is 3.56. The van der Waals surface area contributed by atoms with Gasteiger partial charge in [0.15, 0.2) is 0 Å². The third-order valence-electron chi connectivity index (χ3n) is 10.7. The van der Waals surface area contributed by atoms with Crippen molar-refractivity contribution < 1.29 is 22.7 Å². The lowest BCUT2D eigenvalue weighted by molar-refractivity contribution is 0.0939. The molecule has 3 atom stereocenters. The Morgan fingerprint density at radius 2 is 1.56 bits per heavy atom. The molecule has 2 heterocycles. The molecule has 1 saturated carbocycles. The number of nitrogens with zero attached hydrogens (tertiary/aromatic N) is 3. The lowest BCUT2D eigenvalue weighted by atomic mass is 9.59. The second-order valence-corrected chi connectivity index (χ2v) is 15.3. The van der Waals surface area contributed by atoms with Gasteiger partial charge in [0.25, 0.3) is 0 Å². The molecule has 3 N–H and O–H groups in total. The van der Waals surface area contributed by atoms with Crippen LogP contribution in [-0.4, -0.2) is 71.2 Å². The molecule has 1 unspecified atom stereocenters. The molecule has 3 aromatic carbocycles. The molecular formula is C37H43N5O5S. The van der Waals surface area contributed by atoms with Crippen LogP contribution in [-0.2, 0) is 20.0 Å². The number of nitrogens with two attached hydrogens (primary N) is 1. The van der Waals surface area contributed by atoms with E-state index in [0.29, 0.717) is 5.92 Å². The number of carbonyl (C=O) groups excluding carboxylic acids is 2. The van der Waals surface area contributed by atoms with Gasteiger partial charge in [0.1, 0.15) is 0 Å². The number of hydrogen-bond donors (Lipinski definition) is 2. The van der Waals surface area contributed by atoms with Crippen LogP contribution in [0.3, 0.4) is 0 Å². The molecule has 0 aromatic heterocycles. The molecule has 6 rings (SSSR count). The molecule has 3 fully saturated rings. The largest absolute Gasteiger partial charge is 0.453 e. The molecule has 2 saturated heterocycles. The summed E-state index contributed by atoms with van der Waals surface area (Å²) < 4.78 is 31.1. The first-order valence-corrected chi connectivity index (χ1v) is 18.2. The number of primary amides is 1. The molecule has 3 aliphatic rings. The first-order valence-electron chi connectivity index (χ1n) is 16.7. The van der Waals surface area contributed by atoms with Gasteiger partial charge in [0.05, 0.1) is 28.4 Å². The molecule has 2 amide bonds. The van der Waals surface area contributed by atoms with E-state index in [4.69, 9.17) is 10.5 Å². The Labute approximate surface area is 282 Å². The third kappa shape index (κ3) is 6.51. The molecule has 0 radical (unpaired) electrons. The smallest absolute Gasteiger partial charge is 0.407 e. The summed E-state index contributed by atoms with van der Waals surface area (Å²) in [6, 6.07) is 25.5. The van der Waals surface area contributed by atoms with Crippen molar-refractivity contribution in [3.8, 4) is 6.07 Å². The van der Waals surface area contributed by atoms with Crippen LogP contribution in [0.2, 0.25) is 0 Å². The predicted octanol–water partition coefficient (Wildman–Crippen LogP) is 4.75. The SMILES string of the molecule is COC(=O)N[C@H]1CCC[C@@H]1C(C#N)(c1ccccc1)C1CCN(CC2CN(c3ccc(S(=O)(=O)c4ccc(C(N)=O)cc4)cc3)C2)CC1. The van der Waals surface area contributed by atoms with Gasteiger partial charge in [-0.05, 0) is 98.8 Å². The highest BCUT2D eigenvalue weighted by Crippen LogP contribution is 2.50. The lowest BCUT2D eigenvalue weighted by Crippen LogP contribution is -2.55. The number of alkyl carbamates (subject to hydrolysis) is 1. The second-order valence-electron chi connectivity index (χ2n) is 13.4. The number of nitrogens with one attached hydrogen (secondary N) is 1. The molecular weight excluding hydrogens is 627 g/mol. The first-order chi connectivity index (χ1) is 23.1. The number of ether oxygens (including phenoxy) is 1. The van der Waals surface area contributed by atoms with Crippen molar-refractivity contribution in [1.29, 1.82) is 5.26 Å². The number of nitriles is 1.